The maximum absolute atomic E-state index is 7.04. The third-order valence-electron chi connectivity index (χ3n) is 9.84. The standard InChI is InChI=1S/C45H30N4O/c1-5-15-29(16-6-1)33-26-28-38-40(41(33)45-47-43(30-17-7-2-8-18-30)46-44(48-45)31-19-9-3-10-20-31)35-25-27-37-39(42(35)50-38)34-23-13-14-24-36(34)49(37)32-21-11-4-12-22-32/h1-28,35,42H. The molecule has 236 valence electrons. The molecule has 2 unspecified atom stereocenters. The van der Waals surface area contributed by atoms with Gasteiger partial charge in [-0.25, -0.2) is 15.0 Å². The molecule has 50 heavy (non-hydrogen) atoms. The molecule has 0 bridgehead atoms. The molecule has 0 N–H and O–H groups in total. The first-order chi connectivity index (χ1) is 24.8. The average Bonchev–Trinajstić information content (AvgIpc) is 3.74. The number of ether oxygens (including phenoxy) is 1. The second kappa shape index (κ2) is 11.5. The zero-order valence-corrected chi connectivity index (χ0v) is 27.0. The lowest BCUT2D eigenvalue weighted by atomic mass is 9.81. The van der Waals surface area contributed by atoms with Crippen LogP contribution in [0.15, 0.2) is 164 Å². The van der Waals surface area contributed by atoms with Crippen molar-refractivity contribution in [2.75, 3.05) is 0 Å². The molecule has 2 atom stereocenters. The Morgan fingerprint density at radius 2 is 1.06 bits per heavy atom. The van der Waals surface area contributed by atoms with Gasteiger partial charge in [0.05, 0.1) is 11.2 Å². The minimum Gasteiger partial charge on any atom is -0.484 e. The van der Waals surface area contributed by atoms with Gasteiger partial charge in [-0.2, -0.15) is 0 Å². The second-order valence-electron chi connectivity index (χ2n) is 12.7. The molecule has 0 radical (unpaired) electrons. The molecular weight excluding hydrogens is 613 g/mol. The Morgan fingerprint density at radius 1 is 0.500 bits per heavy atom. The fourth-order valence-electron chi connectivity index (χ4n) is 7.65. The van der Waals surface area contributed by atoms with E-state index in [9.17, 15) is 0 Å². The van der Waals surface area contributed by atoms with Crippen LogP contribution in [0.4, 0.5) is 0 Å². The number of nitrogens with zero attached hydrogens (tertiary/aromatic N) is 4. The summed E-state index contributed by atoms with van der Waals surface area (Å²) in [5.74, 6) is 2.70. The fraction of sp³-hybridized carbons (Fsp3) is 0.0444. The summed E-state index contributed by atoms with van der Waals surface area (Å²) in [6.07, 6.45) is 4.38. The highest BCUT2D eigenvalue weighted by atomic mass is 16.5. The van der Waals surface area contributed by atoms with E-state index in [1.54, 1.807) is 0 Å². The van der Waals surface area contributed by atoms with Gasteiger partial charge in [0.25, 0.3) is 0 Å². The van der Waals surface area contributed by atoms with Crippen molar-refractivity contribution in [3.63, 3.8) is 0 Å². The van der Waals surface area contributed by atoms with Gasteiger partial charge in [0.2, 0.25) is 0 Å². The van der Waals surface area contributed by atoms with Crippen molar-refractivity contribution in [2.45, 2.75) is 12.0 Å². The van der Waals surface area contributed by atoms with Gasteiger partial charge in [0, 0.05) is 44.8 Å². The van der Waals surface area contributed by atoms with Crippen molar-refractivity contribution in [3.05, 3.63) is 181 Å². The molecule has 8 aromatic rings. The molecule has 0 amide bonds. The zero-order valence-electron chi connectivity index (χ0n) is 27.0. The molecule has 10 rings (SSSR count). The summed E-state index contributed by atoms with van der Waals surface area (Å²) >= 11 is 0. The molecule has 1 aliphatic heterocycles. The predicted molar refractivity (Wildman–Crippen MR) is 200 cm³/mol. The van der Waals surface area contributed by atoms with Gasteiger partial charge in [-0.3, -0.25) is 0 Å². The molecule has 0 saturated heterocycles. The highest BCUT2D eigenvalue weighted by Gasteiger charge is 2.42. The Bertz CT molecular complexity index is 2500. The van der Waals surface area contributed by atoms with Crippen LogP contribution in [0, 0.1) is 0 Å². The Kier molecular flexibility index (Phi) is 6.56. The van der Waals surface area contributed by atoms with Crippen LogP contribution in [0.5, 0.6) is 5.75 Å². The molecule has 0 saturated carbocycles. The molecule has 2 aromatic heterocycles. The summed E-state index contributed by atoms with van der Waals surface area (Å²) in [6.45, 7) is 0. The third-order valence-corrected chi connectivity index (χ3v) is 9.84. The van der Waals surface area contributed by atoms with E-state index in [2.05, 4.69) is 132 Å². The minimum atomic E-state index is -0.214. The summed E-state index contributed by atoms with van der Waals surface area (Å²) in [5.41, 5.74) is 10.7. The van der Waals surface area contributed by atoms with Crippen molar-refractivity contribution in [3.8, 4) is 56.7 Å². The van der Waals surface area contributed by atoms with E-state index in [1.807, 2.05) is 42.5 Å². The van der Waals surface area contributed by atoms with Gasteiger partial charge in [-0.15, -0.1) is 0 Å². The van der Waals surface area contributed by atoms with Crippen LogP contribution >= 0.6 is 0 Å². The number of hydrogen-bond acceptors (Lipinski definition) is 4. The van der Waals surface area contributed by atoms with E-state index >= 15 is 0 Å². The Labute approximate surface area is 289 Å². The smallest absolute Gasteiger partial charge is 0.165 e. The lowest BCUT2D eigenvalue weighted by Crippen LogP contribution is -2.14. The summed E-state index contributed by atoms with van der Waals surface area (Å²) in [4.78, 5) is 15.5. The first-order valence-corrected chi connectivity index (χ1v) is 16.9. The lowest BCUT2D eigenvalue weighted by molar-refractivity contribution is 0.224. The van der Waals surface area contributed by atoms with Crippen LogP contribution in [0.3, 0.4) is 0 Å². The van der Waals surface area contributed by atoms with Crippen LogP contribution in [0.25, 0.3) is 68.0 Å². The topological polar surface area (TPSA) is 52.8 Å². The monoisotopic (exact) mass is 642 g/mol. The van der Waals surface area contributed by atoms with Crippen LogP contribution in [0.1, 0.15) is 28.8 Å². The van der Waals surface area contributed by atoms with Gasteiger partial charge in [-0.05, 0) is 47.5 Å². The second-order valence-corrected chi connectivity index (χ2v) is 12.7. The maximum Gasteiger partial charge on any atom is 0.165 e. The van der Waals surface area contributed by atoms with Gasteiger partial charge >= 0.3 is 0 Å². The third kappa shape index (κ3) is 4.51. The van der Waals surface area contributed by atoms with E-state index in [-0.39, 0.29) is 12.0 Å². The number of fused-ring (bicyclic) bond motifs is 7. The number of aromatic nitrogens is 4. The zero-order chi connectivity index (χ0) is 33.0. The van der Waals surface area contributed by atoms with E-state index in [1.165, 1.54) is 10.9 Å². The van der Waals surface area contributed by atoms with Crippen LogP contribution in [0.2, 0.25) is 0 Å². The molecule has 0 fully saturated rings. The highest BCUT2D eigenvalue weighted by molar-refractivity contribution is 5.93. The van der Waals surface area contributed by atoms with Crippen LogP contribution in [-0.4, -0.2) is 19.5 Å². The average molecular weight is 643 g/mol. The first-order valence-electron chi connectivity index (χ1n) is 16.9. The lowest BCUT2D eigenvalue weighted by Gasteiger charge is -2.23. The van der Waals surface area contributed by atoms with E-state index in [4.69, 9.17) is 19.7 Å². The highest BCUT2D eigenvalue weighted by Crippen LogP contribution is 2.57. The number of hydrogen-bond donors (Lipinski definition) is 0. The molecule has 0 spiro atoms. The number of benzene rings is 6. The SMILES string of the molecule is C1=CC2c3c(ccc(-c4ccccc4)c3-c3nc(-c4ccccc4)nc(-c4ccccc4)n3)OC2c2c1n(-c1ccccc1)c1ccccc21. The Morgan fingerprint density at radius 3 is 1.72 bits per heavy atom. The molecule has 6 aromatic carbocycles. The Hall–Kier alpha value is -6.59. The van der Waals surface area contributed by atoms with Gasteiger partial charge < -0.3 is 9.30 Å². The van der Waals surface area contributed by atoms with Gasteiger partial charge in [-0.1, -0.05) is 133 Å². The van der Waals surface area contributed by atoms with E-state index < -0.39 is 0 Å². The largest absolute Gasteiger partial charge is 0.484 e. The quantitative estimate of drug-likeness (QED) is 0.187. The van der Waals surface area contributed by atoms with Crippen molar-refractivity contribution < 1.29 is 4.74 Å². The predicted octanol–water partition coefficient (Wildman–Crippen LogP) is 10.7. The molecule has 3 heterocycles. The van der Waals surface area contributed by atoms with Gasteiger partial charge in [0.15, 0.2) is 17.5 Å². The van der Waals surface area contributed by atoms with Crippen LogP contribution < -0.4 is 4.74 Å². The maximum atomic E-state index is 7.04. The summed E-state index contributed by atoms with van der Waals surface area (Å²) in [7, 11) is 0. The number of para-hydroxylation sites is 2. The summed E-state index contributed by atoms with van der Waals surface area (Å²) < 4.78 is 9.39. The normalized spacial score (nSPS) is 15.7. The van der Waals surface area contributed by atoms with Crippen molar-refractivity contribution in [1.29, 1.82) is 0 Å². The summed E-state index contributed by atoms with van der Waals surface area (Å²) in [6, 6.07) is 54.3. The fourth-order valence-corrected chi connectivity index (χ4v) is 7.65. The van der Waals surface area contributed by atoms with E-state index in [0.29, 0.717) is 17.5 Å². The first kappa shape index (κ1) is 28.4. The summed E-state index contributed by atoms with van der Waals surface area (Å²) in [5, 5.41) is 1.20. The van der Waals surface area contributed by atoms with Crippen molar-refractivity contribution >= 4 is 17.0 Å². The van der Waals surface area contributed by atoms with Crippen molar-refractivity contribution in [2.24, 2.45) is 0 Å². The molecule has 5 heteroatoms. The molecule has 5 nitrogen and oxygen atoms in total. The molecule has 1 aliphatic carbocycles. The molecule has 2 aliphatic rings. The minimum absolute atomic E-state index is 0.0525. The Balaban J connectivity index is 1.23. The molecular formula is C45H30N4O. The van der Waals surface area contributed by atoms with Gasteiger partial charge in [0.1, 0.15) is 11.9 Å². The van der Waals surface area contributed by atoms with E-state index in [0.717, 1.165) is 56.0 Å². The van der Waals surface area contributed by atoms with Crippen molar-refractivity contribution in [1.82, 2.24) is 19.5 Å². The van der Waals surface area contributed by atoms with Crippen LogP contribution in [-0.2, 0) is 0 Å². The number of rotatable bonds is 5.